The zero-order valence-electron chi connectivity index (χ0n) is 11.8. The number of nitrogens with one attached hydrogen (secondary N) is 1. The van der Waals surface area contributed by atoms with Gasteiger partial charge in [-0.2, -0.15) is 0 Å². The Hall–Kier alpha value is -1.35. The second-order valence-electron chi connectivity index (χ2n) is 5.71. The first-order valence-electron chi connectivity index (χ1n) is 7.09. The highest BCUT2D eigenvalue weighted by atomic mass is 16.3. The van der Waals surface area contributed by atoms with E-state index in [-0.39, 0.29) is 18.4 Å². The van der Waals surface area contributed by atoms with Gasteiger partial charge in [-0.15, -0.1) is 0 Å². The summed E-state index contributed by atoms with van der Waals surface area (Å²) in [5.74, 6) is 0.623. The third-order valence-corrected chi connectivity index (χ3v) is 4.13. The number of rotatable bonds is 3. The number of aryl methyl sites for hydroxylation is 2. The summed E-state index contributed by atoms with van der Waals surface area (Å²) in [6, 6.07) is 6.11. The van der Waals surface area contributed by atoms with Crippen molar-refractivity contribution in [2.24, 2.45) is 11.8 Å². The lowest BCUT2D eigenvalue weighted by Crippen LogP contribution is -2.28. The van der Waals surface area contributed by atoms with Gasteiger partial charge in [-0.3, -0.25) is 4.79 Å². The molecule has 0 unspecified atom stereocenters. The highest BCUT2D eigenvalue weighted by Crippen LogP contribution is 2.29. The Bertz CT molecular complexity index is 448. The molecule has 2 N–H and O–H groups in total. The van der Waals surface area contributed by atoms with Crippen molar-refractivity contribution in [2.75, 3.05) is 11.9 Å². The fraction of sp³-hybridized carbons (Fsp3) is 0.562. The van der Waals surface area contributed by atoms with E-state index in [1.54, 1.807) is 0 Å². The van der Waals surface area contributed by atoms with Crippen molar-refractivity contribution in [1.82, 2.24) is 0 Å². The summed E-state index contributed by atoms with van der Waals surface area (Å²) in [5, 5.41) is 12.2. The van der Waals surface area contributed by atoms with E-state index in [4.69, 9.17) is 5.11 Å². The number of anilines is 1. The van der Waals surface area contributed by atoms with E-state index < -0.39 is 0 Å². The van der Waals surface area contributed by atoms with E-state index in [2.05, 4.69) is 11.4 Å². The largest absolute Gasteiger partial charge is 0.396 e. The molecular formula is C16H23NO2. The summed E-state index contributed by atoms with van der Waals surface area (Å²) < 4.78 is 0. The number of benzene rings is 1. The molecule has 0 bridgehead atoms. The molecule has 1 saturated carbocycles. The Morgan fingerprint density at radius 2 is 1.95 bits per heavy atom. The number of aliphatic hydroxyl groups is 1. The number of aliphatic hydroxyl groups excluding tert-OH is 1. The molecule has 0 atom stereocenters. The van der Waals surface area contributed by atoms with Crippen LogP contribution in [-0.4, -0.2) is 17.6 Å². The lowest BCUT2D eigenvalue weighted by atomic mass is 9.82. The van der Waals surface area contributed by atoms with Gasteiger partial charge in [0.15, 0.2) is 0 Å². The molecule has 0 spiro atoms. The van der Waals surface area contributed by atoms with E-state index in [1.807, 2.05) is 26.0 Å². The van der Waals surface area contributed by atoms with E-state index in [0.717, 1.165) is 42.5 Å². The fourth-order valence-corrected chi connectivity index (χ4v) is 2.71. The van der Waals surface area contributed by atoms with Crippen LogP contribution in [0.4, 0.5) is 5.69 Å². The number of carbonyl (C=O) groups is 1. The van der Waals surface area contributed by atoms with Crippen molar-refractivity contribution in [3.63, 3.8) is 0 Å². The third kappa shape index (κ3) is 3.57. The topological polar surface area (TPSA) is 49.3 Å². The van der Waals surface area contributed by atoms with Gasteiger partial charge in [0.25, 0.3) is 0 Å². The molecule has 3 heteroatoms. The third-order valence-electron chi connectivity index (χ3n) is 4.13. The predicted molar refractivity (Wildman–Crippen MR) is 77.1 cm³/mol. The van der Waals surface area contributed by atoms with Crippen molar-refractivity contribution in [3.05, 3.63) is 29.3 Å². The second kappa shape index (κ2) is 6.20. The summed E-state index contributed by atoms with van der Waals surface area (Å²) in [5.41, 5.74) is 3.18. The lowest BCUT2D eigenvalue weighted by Gasteiger charge is -2.26. The molecule has 0 saturated heterocycles. The molecule has 19 heavy (non-hydrogen) atoms. The molecular weight excluding hydrogens is 238 g/mol. The van der Waals surface area contributed by atoms with E-state index in [0.29, 0.717) is 5.92 Å². The van der Waals surface area contributed by atoms with Gasteiger partial charge in [-0.25, -0.2) is 0 Å². The van der Waals surface area contributed by atoms with Crippen molar-refractivity contribution in [3.8, 4) is 0 Å². The van der Waals surface area contributed by atoms with Gasteiger partial charge < -0.3 is 10.4 Å². The SMILES string of the molecule is Cc1ccc(C)c(NC(=O)C2CCC(CO)CC2)c1. The van der Waals surface area contributed by atoms with Gasteiger partial charge in [-0.05, 0) is 62.6 Å². The average molecular weight is 261 g/mol. The fourth-order valence-electron chi connectivity index (χ4n) is 2.71. The van der Waals surface area contributed by atoms with Gasteiger partial charge >= 0.3 is 0 Å². The Morgan fingerprint density at radius 3 is 2.58 bits per heavy atom. The Kier molecular flexibility index (Phi) is 4.59. The second-order valence-corrected chi connectivity index (χ2v) is 5.71. The van der Waals surface area contributed by atoms with Crippen LogP contribution >= 0.6 is 0 Å². The van der Waals surface area contributed by atoms with E-state index >= 15 is 0 Å². The van der Waals surface area contributed by atoms with Crippen molar-refractivity contribution in [2.45, 2.75) is 39.5 Å². The Morgan fingerprint density at radius 1 is 1.26 bits per heavy atom. The molecule has 1 fully saturated rings. The molecule has 1 amide bonds. The van der Waals surface area contributed by atoms with Crippen LogP contribution < -0.4 is 5.32 Å². The molecule has 0 radical (unpaired) electrons. The Labute approximate surface area is 115 Å². The van der Waals surface area contributed by atoms with Gasteiger partial charge in [-0.1, -0.05) is 12.1 Å². The number of hydrogen-bond acceptors (Lipinski definition) is 2. The van der Waals surface area contributed by atoms with Crippen molar-refractivity contribution >= 4 is 11.6 Å². The zero-order valence-corrected chi connectivity index (χ0v) is 11.8. The normalized spacial score (nSPS) is 23.1. The predicted octanol–water partition coefficient (Wildman–Crippen LogP) is 3.04. The monoisotopic (exact) mass is 261 g/mol. The minimum atomic E-state index is 0.0997. The summed E-state index contributed by atoms with van der Waals surface area (Å²) in [6.07, 6.45) is 3.70. The molecule has 2 rings (SSSR count). The van der Waals surface area contributed by atoms with Gasteiger partial charge in [0, 0.05) is 18.2 Å². The molecule has 0 heterocycles. The number of amides is 1. The summed E-state index contributed by atoms with van der Waals surface area (Å²) >= 11 is 0. The van der Waals surface area contributed by atoms with Crippen LogP contribution in [-0.2, 0) is 4.79 Å². The molecule has 1 aromatic rings. The molecule has 0 aliphatic heterocycles. The van der Waals surface area contributed by atoms with Crippen LogP contribution in [0.2, 0.25) is 0 Å². The quantitative estimate of drug-likeness (QED) is 0.878. The minimum Gasteiger partial charge on any atom is -0.396 e. The smallest absolute Gasteiger partial charge is 0.227 e. The first-order valence-corrected chi connectivity index (χ1v) is 7.09. The van der Waals surface area contributed by atoms with Crippen LogP contribution in [0.25, 0.3) is 0 Å². The Balaban J connectivity index is 1.96. The van der Waals surface area contributed by atoms with Crippen LogP contribution in [0.15, 0.2) is 18.2 Å². The number of carbonyl (C=O) groups excluding carboxylic acids is 1. The van der Waals surface area contributed by atoms with Crippen LogP contribution in [0.1, 0.15) is 36.8 Å². The van der Waals surface area contributed by atoms with E-state index in [1.165, 1.54) is 0 Å². The molecule has 3 nitrogen and oxygen atoms in total. The maximum Gasteiger partial charge on any atom is 0.227 e. The molecule has 0 aromatic heterocycles. The first kappa shape index (κ1) is 14.1. The minimum absolute atomic E-state index is 0.0997. The van der Waals surface area contributed by atoms with E-state index in [9.17, 15) is 4.79 Å². The maximum absolute atomic E-state index is 12.3. The van der Waals surface area contributed by atoms with Gasteiger partial charge in [0.2, 0.25) is 5.91 Å². The van der Waals surface area contributed by atoms with Crippen LogP contribution in [0.5, 0.6) is 0 Å². The van der Waals surface area contributed by atoms with Gasteiger partial charge in [0.05, 0.1) is 0 Å². The zero-order chi connectivity index (χ0) is 13.8. The van der Waals surface area contributed by atoms with Gasteiger partial charge in [0.1, 0.15) is 0 Å². The molecule has 1 aliphatic rings. The van der Waals surface area contributed by atoms with Crippen LogP contribution in [0.3, 0.4) is 0 Å². The summed E-state index contributed by atoms with van der Waals surface area (Å²) in [6.45, 7) is 4.30. The summed E-state index contributed by atoms with van der Waals surface area (Å²) in [7, 11) is 0. The average Bonchev–Trinajstić information content (AvgIpc) is 2.43. The van der Waals surface area contributed by atoms with Crippen molar-refractivity contribution < 1.29 is 9.90 Å². The van der Waals surface area contributed by atoms with Crippen molar-refractivity contribution in [1.29, 1.82) is 0 Å². The number of hydrogen-bond donors (Lipinski definition) is 2. The molecule has 104 valence electrons. The van der Waals surface area contributed by atoms with Crippen LogP contribution in [0, 0.1) is 25.7 Å². The molecule has 1 aliphatic carbocycles. The standard InChI is InChI=1S/C16H23NO2/c1-11-3-4-12(2)15(9-11)17-16(19)14-7-5-13(10-18)6-8-14/h3-4,9,13-14,18H,5-8,10H2,1-2H3,(H,17,19). The lowest BCUT2D eigenvalue weighted by molar-refractivity contribution is -0.121. The summed E-state index contributed by atoms with van der Waals surface area (Å²) in [4.78, 5) is 12.3. The first-order chi connectivity index (χ1) is 9.10. The maximum atomic E-state index is 12.3. The highest BCUT2D eigenvalue weighted by Gasteiger charge is 2.26. The highest BCUT2D eigenvalue weighted by molar-refractivity contribution is 5.93. The molecule has 1 aromatic carbocycles.